The van der Waals surface area contributed by atoms with Gasteiger partial charge in [0, 0.05) is 5.56 Å². The number of hydrogen-bond donors (Lipinski definition) is 2. The molecule has 0 bridgehead atoms. The first-order valence-electron chi connectivity index (χ1n) is 7.40. The lowest BCUT2D eigenvalue weighted by Crippen LogP contribution is -2.17. The third kappa shape index (κ3) is 5.47. The highest BCUT2D eigenvalue weighted by molar-refractivity contribution is 5.94. The van der Waals surface area contributed by atoms with E-state index in [0.29, 0.717) is 18.1 Å². The molecule has 0 fully saturated rings. The summed E-state index contributed by atoms with van der Waals surface area (Å²) in [6.45, 7) is 4.87. The van der Waals surface area contributed by atoms with Crippen molar-refractivity contribution in [3.05, 3.63) is 59.7 Å². The molecule has 120 valence electrons. The lowest BCUT2D eigenvalue weighted by molar-refractivity contribution is 0.0955. The Kier molecular flexibility index (Phi) is 5.74. The highest BCUT2D eigenvalue weighted by Crippen LogP contribution is 2.12. The molecular weight excluding hydrogens is 292 g/mol. The monoisotopic (exact) mass is 312 g/mol. The molecule has 0 saturated carbocycles. The SMILES string of the molecule is CC(C)COc1ccc(/C=N\NC(=O)c2ccc(O)cc2)cc1. The van der Waals surface area contributed by atoms with Crippen LogP contribution in [0.2, 0.25) is 0 Å². The van der Waals surface area contributed by atoms with Crippen LogP contribution in [0.3, 0.4) is 0 Å². The first-order chi connectivity index (χ1) is 11.0. The second-order valence-electron chi connectivity index (χ2n) is 5.52. The molecule has 2 rings (SSSR count). The van der Waals surface area contributed by atoms with Crippen LogP contribution in [-0.4, -0.2) is 23.8 Å². The van der Waals surface area contributed by atoms with E-state index in [2.05, 4.69) is 24.4 Å². The Morgan fingerprint density at radius 2 is 1.83 bits per heavy atom. The van der Waals surface area contributed by atoms with Crippen LogP contribution in [0.25, 0.3) is 0 Å². The predicted molar refractivity (Wildman–Crippen MR) is 89.9 cm³/mol. The summed E-state index contributed by atoms with van der Waals surface area (Å²) in [5, 5.41) is 13.1. The van der Waals surface area contributed by atoms with Crippen molar-refractivity contribution in [2.24, 2.45) is 11.0 Å². The van der Waals surface area contributed by atoms with E-state index in [9.17, 15) is 9.90 Å². The van der Waals surface area contributed by atoms with E-state index in [0.717, 1.165) is 11.3 Å². The van der Waals surface area contributed by atoms with Crippen molar-refractivity contribution in [1.82, 2.24) is 5.43 Å². The Bertz CT molecular complexity index is 662. The number of nitrogens with one attached hydrogen (secondary N) is 1. The topological polar surface area (TPSA) is 70.9 Å². The maximum absolute atomic E-state index is 11.8. The summed E-state index contributed by atoms with van der Waals surface area (Å²) >= 11 is 0. The predicted octanol–water partition coefficient (Wildman–Crippen LogP) is 3.19. The van der Waals surface area contributed by atoms with E-state index < -0.39 is 0 Å². The fourth-order valence-corrected chi connectivity index (χ4v) is 1.76. The van der Waals surface area contributed by atoms with Crippen LogP contribution in [0.15, 0.2) is 53.6 Å². The molecule has 2 aromatic carbocycles. The van der Waals surface area contributed by atoms with Gasteiger partial charge in [-0.05, 0) is 60.0 Å². The lowest BCUT2D eigenvalue weighted by Gasteiger charge is -2.08. The van der Waals surface area contributed by atoms with Crippen molar-refractivity contribution in [3.8, 4) is 11.5 Å². The van der Waals surface area contributed by atoms with E-state index in [1.54, 1.807) is 6.21 Å². The fourth-order valence-electron chi connectivity index (χ4n) is 1.76. The fraction of sp³-hybridized carbons (Fsp3) is 0.222. The maximum atomic E-state index is 11.8. The minimum absolute atomic E-state index is 0.116. The number of hydrazone groups is 1. The normalized spacial score (nSPS) is 10.9. The molecule has 2 N–H and O–H groups in total. The Hall–Kier alpha value is -2.82. The minimum Gasteiger partial charge on any atom is -0.508 e. The molecule has 5 heteroatoms. The number of aromatic hydroxyl groups is 1. The van der Waals surface area contributed by atoms with Crippen molar-refractivity contribution in [1.29, 1.82) is 0 Å². The Morgan fingerprint density at radius 3 is 2.43 bits per heavy atom. The van der Waals surface area contributed by atoms with Gasteiger partial charge in [-0.2, -0.15) is 5.10 Å². The van der Waals surface area contributed by atoms with Crippen molar-refractivity contribution in [2.45, 2.75) is 13.8 Å². The number of ether oxygens (including phenoxy) is 1. The molecule has 0 unspecified atom stereocenters. The van der Waals surface area contributed by atoms with Gasteiger partial charge in [0.05, 0.1) is 12.8 Å². The summed E-state index contributed by atoms with van der Waals surface area (Å²) in [4.78, 5) is 11.8. The highest BCUT2D eigenvalue weighted by Gasteiger charge is 2.03. The first-order valence-corrected chi connectivity index (χ1v) is 7.40. The number of rotatable bonds is 6. The van der Waals surface area contributed by atoms with E-state index in [1.807, 2.05) is 24.3 Å². The molecular formula is C18H20N2O3. The largest absolute Gasteiger partial charge is 0.508 e. The number of nitrogens with zero attached hydrogens (tertiary/aromatic N) is 1. The van der Waals surface area contributed by atoms with Gasteiger partial charge in [0.25, 0.3) is 5.91 Å². The van der Waals surface area contributed by atoms with Gasteiger partial charge in [-0.25, -0.2) is 5.43 Å². The van der Waals surface area contributed by atoms with E-state index in [1.165, 1.54) is 24.3 Å². The van der Waals surface area contributed by atoms with E-state index >= 15 is 0 Å². The third-order valence-electron chi connectivity index (χ3n) is 2.97. The Morgan fingerprint density at radius 1 is 1.17 bits per heavy atom. The van der Waals surface area contributed by atoms with Crippen LogP contribution in [-0.2, 0) is 0 Å². The van der Waals surface area contributed by atoms with Crippen molar-refractivity contribution < 1.29 is 14.6 Å². The zero-order chi connectivity index (χ0) is 16.7. The Balaban J connectivity index is 1.87. The standard InChI is InChI=1S/C18H20N2O3/c1-13(2)12-23-17-9-3-14(4-10-17)11-19-20-18(22)15-5-7-16(21)8-6-15/h3-11,13,21H,12H2,1-2H3,(H,20,22)/b19-11-. The molecule has 23 heavy (non-hydrogen) atoms. The number of amides is 1. The summed E-state index contributed by atoms with van der Waals surface area (Å²) < 4.78 is 5.60. The number of carbonyl (C=O) groups excluding carboxylic acids is 1. The Labute approximate surface area is 135 Å². The molecule has 0 atom stereocenters. The van der Waals surface area contributed by atoms with Gasteiger partial charge >= 0.3 is 0 Å². The number of carbonyl (C=O) groups is 1. The summed E-state index contributed by atoms with van der Waals surface area (Å²) in [7, 11) is 0. The molecule has 0 radical (unpaired) electrons. The highest BCUT2D eigenvalue weighted by atomic mass is 16.5. The zero-order valence-corrected chi connectivity index (χ0v) is 13.2. The summed E-state index contributed by atoms with van der Waals surface area (Å²) in [6.07, 6.45) is 1.56. The molecule has 0 saturated heterocycles. The van der Waals surface area contributed by atoms with Crippen molar-refractivity contribution in [2.75, 3.05) is 6.61 Å². The number of phenolic OH excluding ortho intramolecular Hbond substituents is 1. The molecule has 0 aliphatic heterocycles. The number of benzene rings is 2. The maximum Gasteiger partial charge on any atom is 0.271 e. The average molecular weight is 312 g/mol. The molecule has 0 aliphatic rings. The van der Waals surface area contributed by atoms with Gasteiger partial charge < -0.3 is 9.84 Å². The average Bonchev–Trinajstić information content (AvgIpc) is 2.54. The van der Waals surface area contributed by atoms with Gasteiger partial charge in [0.1, 0.15) is 11.5 Å². The number of phenols is 1. The molecule has 0 aromatic heterocycles. The van der Waals surface area contributed by atoms with Gasteiger partial charge in [-0.3, -0.25) is 4.79 Å². The van der Waals surface area contributed by atoms with Crippen LogP contribution in [0, 0.1) is 5.92 Å². The second-order valence-corrected chi connectivity index (χ2v) is 5.52. The second kappa shape index (κ2) is 7.98. The first kappa shape index (κ1) is 16.5. The number of hydrogen-bond acceptors (Lipinski definition) is 4. The van der Waals surface area contributed by atoms with Crippen LogP contribution in [0.1, 0.15) is 29.8 Å². The van der Waals surface area contributed by atoms with Gasteiger partial charge in [0.15, 0.2) is 0 Å². The minimum atomic E-state index is -0.335. The summed E-state index contributed by atoms with van der Waals surface area (Å²) in [6, 6.07) is 13.4. The van der Waals surface area contributed by atoms with Gasteiger partial charge in [-0.1, -0.05) is 13.8 Å². The van der Waals surface area contributed by atoms with Crippen molar-refractivity contribution >= 4 is 12.1 Å². The zero-order valence-electron chi connectivity index (χ0n) is 13.2. The smallest absolute Gasteiger partial charge is 0.271 e. The van der Waals surface area contributed by atoms with Crippen molar-refractivity contribution in [3.63, 3.8) is 0 Å². The summed E-state index contributed by atoms with van der Waals surface area (Å²) in [5.74, 6) is 1.07. The molecule has 0 spiro atoms. The van der Waals surface area contributed by atoms with E-state index in [4.69, 9.17) is 4.74 Å². The molecule has 1 amide bonds. The summed E-state index contributed by atoms with van der Waals surface area (Å²) in [5.41, 5.74) is 3.72. The molecule has 5 nitrogen and oxygen atoms in total. The molecule has 0 aliphatic carbocycles. The molecule has 2 aromatic rings. The lowest BCUT2D eigenvalue weighted by atomic mass is 10.2. The quantitative estimate of drug-likeness (QED) is 0.635. The van der Waals surface area contributed by atoms with Crippen LogP contribution >= 0.6 is 0 Å². The van der Waals surface area contributed by atoms with Crippen LogP contribution in [0.4, 0.5) is 0 Å². The van der Waals surface area contributed by atoms with Gasteiger partial charge in [0.2, 0.25) is 0 Å². The van der Waals surface area contributed by atoms with Gasteiger partial charge in [-0.15, -0.1) is 0 Å². The molecule has 0 heterocycles. The van der Waals surface area contributed by atoms with Crippen LogP contribution < -0.4 is 10.2 Å². The third-order valence-corrected chi connectivity index (χ3v) is 2.97. The van der Waals surface area contributed by atoms with E-state index in [-0.39, 0.29) is 11.7 Å². The van der Waals surface area contributed by atoms with Crippen LogP contribution in [0.5, 0.6) is 11.5 Å².